The third-order valence-corrected chi connectivity index (χ3v) is 3.20. The molecule has 1 atom stereocenters. The highest BCUT2D eigenvalue weighted by Crippen LogP contribution is 2.05. The van der Waals surface area contributed by atoms with Crippen LogP contribution in [0.2, 0.25) is 0 Å². The molecule has 0 aliphatic carbocycles. The van der Waals surface area contributed by atoms with Crippen LogP contribution < -0.4 is 0 Å². The van der Waals surface area contributed by atoms with E-state index < -0.39 is 15.1 Å². The van der Waals surface area contributed by atoms with Gasteiger partial charge in [-0.15, -0.1) is 0 Å². The molecule has 0 amide bonds. The van der Waals surface area contributed by atoms with Gasteiger partial charge in [-0.25, -0.2) is 8.42 Å². The number of nitrogens with zero attached hydrogens (tertiary/aromatic N) is 2. The summed E-state index contributed by atoms with van der Waals surface area (Å²) in [6, 6.07) is 0. The number of sulfone groups is 1. The van der Waals surface area contributed by atoms with Crippen LogP contribution in [0.3, 0.4) is 0 Å². The monoisotopic (exact) mass is 176 g/mol. The highest BCUT2D eigenvalue weighted by Gasteiger charge is 2.21. The number of hydrogen-bond acceptors (Lipinski definition) is 2. The van der Waals surface area contributed by atoms with Crippen molar-refractivity contribution >= 4 is 15.4 Å². The van der Waals surface area contributed by atoms with E-state index >= 15 is 0 Å². The molecule has 0 aromatic rings. The SMILES string of the molecule is CCCC(C)S(=O)(=O)C=[N+]=[N-]. The lowest BCUT2D eigenvalue weighted by Gasteiger charge is -2.02. The molecule has 0 radical (unpaired) electrons. The number of rotatable bonds is 4. The lowest BCUT2D eigenvalue weighted by atomic mass is 10.3. The van der Waals surface area contributed by atoms with E-state index in [1.807, 2.05) is 6.92 Å². The molecule has 0 bridgehead atoms. The molecular weight excluding hydrogens is 164 g/mol. The van der Waals surface area contributed by atoms with E-state index in [2.05, 4.69) is 4.79 Å². The van der Waals surface area contributed by atoms with Crippen molar-refractivity contribution < 1.29 is 13.2 Å². The highest BCUT2D eigenvalue weighted by atomic mass is 32.2. The average Bonchev–Trinajstić information content (AvgIpc) is 1.88. The molecule has 1 unspecified atom stereocenters. The first-order chi connectivity index (χ1) is 5.04. The Hall–Kier alpha value is -0.670. The first-order valence-corrected chi connectivity index (χ1v) is 5.07. The summed E-state index contributed by atoms with van der Waals surface area (Å²) in [5.41, 5.74) is 8.60. The maximum Gasteiger partial charge on any atom is 0.370 e. The fraction of sp³-hybridized carbons (Fsp3) is 0.833. The fourth-order valence-electron chi connectivity index (χ4n) is 0.740. The Bertz CT molecular complexity index is 252. The van der Waals surface area contributed by atoms with Crippen LogP contribution in [0.5, 0.6) is 0 Å². The molecule has 4 nitrogen and oxygen atoms in total. The molecule has 0 aliphatic rings. The van der Waals surface area contributed by atoms with Crippen molar-refractivity contribution in [3.05, 3.63) is 5.53 Å². The van der Waals surface area contributed by atoms with Crippen LogP contribution in [-0.2, 0) is 9.84 Å². The van der Waals surface area contributed by atoms with Crippen LogP contribution in [0, 0.1) is 0 Å². The Morgan fingerprint density at radius 1 is 1.64 bits per heavy atom. The molecule has 5 heteroatoms. The van der Waals surface area contributed by atoms with Gasteiger partial charge < -0.3 is 5.53 Å². The largest absolute Gasteiger partial charge is 0.370 e. The van der Waals surface area contributed by atoms with Gasteiger partial charge in [-0.2, -0.15) is 4.79 Å². The zero-order chi connectivity index (χ0) is 8.91. The normalized spacial score (nSPS) is 13.6. The van der Waals surface area contributed by atoms with E-state index in [-0.39, 0.29) is 0 Å². The molecule has 0 saturated heterocycles. The average molecular weight is 176 g/mol. The van der Waals surface area contributed by atoms with E-state index in [1.54, 1.807) is 6.92 Å². The van der Waals surface area contributed by atoms with Crippen molar-refractivity contribution in [2.24, 2.45) is 0 Å². The van der Waals surface area contributed by atoms with E-state index in [0.29, 0.717) is 12.0 Å². The van der Waals surface area contributed by atoms with E-state index in [9.17, 15) is 8.42 Å². The standard InChI is InChI=1S/C6H12N2O2S/c1-3-4-6(2)11(9,10)5-8-7/h5-6H,3-4H2,1-2H3. The third-order valence-electron chi connectivity index (χ3n) is 1.45. The van der Waals surface area contributed by atoms with Gasteiger partial charge in [0.1, 0.15) is 0 Å². The summed E-state index contributed by atoms with van der Waals surface area (Å²) in [5.74, 6) is 0. The van der Waals surface area contributed by atoms with Gasteiger partial charge in [-0.1, -0.05) is 13.3 Å². The molecule has 0 fully saturated rings. The van der Waals surface area contributed by atoms with Gasteiger partial charge >= 0.3 is 5.55 Å². The Labute approximate surface area is 66.8 Å². The summed E-state index contributed by atoms with van der Waals surface area (Å²) >= 11 is 0. The van der Waals surface area contributed by atoms with E-state index in [1.165, 1.54) is 0 Å². The van der Waals surface area contributed by atoms with Gasteiger partial charge in [0.15, 0.2) is 0 Å². The lowest BCUT2D eigenvalue weighted by Crippen LogP contribution is -2.18. The summed E-state index contributed by atoms with van der Waals surface area (Å²) in [6.45, 7) is 3.50. The minimum Gasteiger partial charge on any atom is -0.361 e. The van der Waals surface area contributed by atoms with Crippen LogP contribution in [0.25, 0.3) is 5.53 Å². The van der Waals surface area contributed by atoms with Crippen LogP contribution >= 0.6 is 0 Å². The Morgan fingerprint density at radius 3 is 2.55 bits per heavy atom. The summed E-state index contributed by atoms with van der Waals surface area (Å²) in [5, 5.41) is -0.455. The second-order valence-corrected chi connectivity index (χ2v) is 4.60. The van der Waals surface area contributed by atoms with E-state index in [4.69, 9.17) is 5.53 Å². The highest BCUT2D eigenvalue weighted by molar-refractivity contribution is 8.04. The summed E-state index contributed by atoms with van der Waals surface area (Å²) in [4.78, 5) is 2.50. The predicted molar refractivity (Wildman–Crippen MR) is 43.0 cm³/mol. The smallest absolute Gasteiger partial charge is 0.361 e. The zero-order valence-electron chi connectivity index (χ0n) is 6.69. The molecule has 0 spiro atoms. The van der Waals surface area contributed by atoms with Gasteiger partial charge in [0.25, 0.3) is 0 Å². The molecule has 0 aliphatic heterocycles. The van der Waals surface area contributed by atoms with Gasteiger partial charge in [0, 0.05) is 0 Å². The Kier molecular flexibility index (Phi) is 4.00. The summed E-state index contributed by atoms with van der Waals surface area (Å²) in [7, 11) is -3.31. The zero-order valence-corrected chi connectivity index (χ0v) is 7.50. The molecule has 0 N–H and O–H groups in total. The van der Waals surface area contributed by atoms with Gasteiger partial charge in [0.05, 0.1) is 5.25 Å². The topological polar surface area (TPSA) is 70.5 Å². The first kappa shape index (κ1) is 10.3. The Balaban J connectivity index is 4.43. The van der Waals surface area contributed by atoms with Gasteiger partial charge in [-0.3, -0.25) is 0 Å². The molecule has 0 saturated carbocycles. The second kappa shape index (κ2) is 4.26. The van der Waals surface area contributed by atoms with Crippen molar-refractivity contribution in [2.75, 3.05) is 0 Å². The first-order valence-electron chi connectivity index (χ1n) is 3.46. The van der Waals surface area contributed by atoms with Crippen LogP contribution in [0.4, 0.5) is 0 Å². The van der Waals surface area contributed by atoms with Crippen molar-refractivity contribution in [3.63, 3.8) is 0 Å². The summed E-state index contributed by atoms with van der Waals surface area (Å²) < 4.78 is 22.0. The van der Waals surface area contributed by atoms with E-state index in [0.717, 1.165) is 6.42 Å². The second-order valence-electron chi connectivity index (χ2n) is 2.41. The van der Waals surface area contributed by atoms with Crippen molar-refractivity contribution in [3.8, 4) is 0 Å². The molecule has 0 aromatic carbocycles. The molecule has 0 aromatic heterocycles. The third kappa shape index (κ3) is 3.30. The van der Waals surface area contributed by atoms with Crippen molar-refractivity contribution in [1.29, 1.82) is 0 Å². The maximum absolute atomic E-state index is 11.0. The molecule has 0 heterocycles. The van der Waals surface area contributed by atoms with Crippen molar-refractivity contribution in [1.82, 2.24) is 0 Å². The molecule has 0 rings (SSSR count). The predicted octanol–water partition coefficient (Wildman–Crippen LogP) is 0.848. The van der Waals surface area contributed by atoms with Crippen LogP contribution in [-0.4, -0.2) is 24.0 Å². The molecule has 64 valence electrons. The van der Waals surface area contributed by atoms with Gasteiger partial charge in [-0.05, 0) is 13.3 Å². The van der Waals surface area contributed by atoms with Gasteiger partial charge in [0.2, 0.25) is 9.84 Å². The number of hydrogen-bond donors (Lipinski definition) is 0. The quantitative estimate of drug-likeness (QED) is 0.276. The minimum absolute atomic E-state index is 0.455. The lowest BCUT2D eigenvalue weighted by molar-refractivity contribution is 0.00748. The van der Waals surface area contributed by atoms with Crippen LogP contribution in [0.15, 0.2) is 0 Å². The Morgan fingerprint density at radius 2 is 2.18 bits per heavy atom. The minimum atomic E-state index is -3.31. The van der Waals surface area contributed by atoms with Crippen LogP contribution in [0.1, 0.15) is 26.7 Å². The summed E-state index contributed by atoms with van der Waals surface area (Å²) in [6.07, 6.45) is 1.40. The maximum atomic E-state index is 11.0. The molecule has 11 heavy (non-hydrogen) atoms. The molecular formula is C6H12N2O2S. The van der Waals surface area contributed by atoms with Crippen molar-refractivity contribution in [2.45, 2.75) is 31.9 Å². The fourth-order valence-corrected chi connectivity index (χ4v) is 1.64.